The van der Waals surface area contributed by atoms with E-state index in [9.17, 15) is 14.4 Å². The van der Waals surface area contributed by atoms with E-state index in [-0.39, 0.29) is 12.5 Å². The van der Waals surface area contributed by atoms with Crippen LogP contribution in [0.15, 0.2) is 53.6 Å². The lowest BCUT2D eigenvalue weighted by Gasteiger charge is -2.16. The molecule has 0 aliphatic carbocycles. The van der Waals surface area contributed by atoms with Gasteiger partial charge in [-0.15, -0.1) is 0 Å². The maximum atomic E-state index is 12.6. The number of methoxy groups -OCH3 is 1. The van der Waals surface area contributed by atoms with Crippen molar-refractivity contribution >= 4 is 57.9 Å². The third-order valence-corrected chi connectivity index (χ3v) is 6.36. The molecular formula is C29H31IN4O6. The molecule has 0 atom stereocenters. The number of anilines is 2. The molecule has 0 aliphatic rings. The van der Waals surface area contributed by atoms with E-state index in [4.69, 9.17) is 14.2 Å². The van der Waals surface area contributed by atoms with Gasteiger partial charge in [-0.2, -0.15) is 5.10 Å². The number of nitrogens with one attached hydrogen (secondary N) is 3. The van der Waals surface area contributed by atoms with E-state index in [2.05, 4.69) is 43.8 Å². The van der Waals surface area contributed by atoms with Crippen molar-refractivity contribution in [1.29, 1.82) is 0 Å². The highest BCUT2D eigenvalue weighted by Crippen LogP contribution is 2.34. The first kappa shape index (κ1) is 30.4. The van der Waals surface area contributed by atoms with Crippen molar-refractivity contribution in [1.82, 2.24) is 5.43 Å². The molecule has 11 heteroatoms. The Kier molecular flexibility index (Phi) is 10.9. The number of nitrogens with zero attached hydrogens (tertiary/aromatic N) is 1. The van der Waals surface area contributed by atoms with Gasteiger partial charge in [-0.3, -0.25) is 14.4 Å². The molecule has 3 N–H and O–H groups in total. The topological polar surface area (TPSA) is 127 Å². The third-order valence-electron chi connectivity index (χ3n) is 5.55. The second-order valence-electron chi connectivity index (χ2n) is 8.76. The second-order valence-corrected chi connectivity index (χ2v) is 9.92. The van der Waals surface area contributed by atoms with Gasteiger partial charge in [0.25, 0.3) is 5.91 Å². The second kappa shape index (κ2) is 14.3. The molecule has 0 fully saturated rings. The Hall–Kier alpha value is -4.13. The molecule has 0 aliphatic heterocycles. The van der Waals surface area contributed by atoms with E-state index >= 15 is 0 Å². The normalized spacial score (nSPS) is 10.7. The van der Waals surface area contributed by atoms with Crippen molar-refractivity contribution in [3.05, 3.63) is 74.4 Å². The molecule has 210 valence electrons. The van der Waals surface area contributed by atoms with E-state index < -0.39 is 11.8 Å². The predicted molar refractivity (Wildman–Crippen MR) is 162 cm³/mol. The standard InChI is InChI=1S/C29H31IN4O6/c1-6-39-24-14-20(15-31-34-29(37)28(36)32-21-7-9-22(38-5)10-8-21)13-23(30)27(24)40-16-25(35)33-26-18(3)11-17(2)12-19(26)4/h7-15H,6,16H2,1-5H3,(H,32,36)(H,33,35)(H,34,37)/b31-15-. The lowest BCUT2D eigenvalue weighted by molar-refractivity contribution is -0.136. The van der Waals surface area contributed by atoms with Crippen LogP contribution in [0.25, 0.3) is 0 Å². The van der Waals surface area contributed by atoms with Gasteiger partial charge in [0.15, 0.2) is 18.1 Å². The van der Waals surface area contributed by atoms with Crippen LogP contribution >= 0.6 is 22.6 Å². The number of aryl methyl sites for hydroxylation is 3. The fraction of sp³-hybridized carbons (Fsp3) is 0.241. The lowest BCUT2D eigenvalue weighted by atomic mass is 10.1. The first-order chi connectivity index (χ1) is 19.1. The Morgan fingerprint density at radius 1 is 0.925 bits per heavy atom. The summed E-state index contributed by atoms with van der Waals surface area (Å²) in [6.07, 6.45) is 1.38. The molecule has 0 saturated carbocycles. The van der Waals surface area contributed by atoms with Gasteiger partial charge < -0.3 is 24.8 Å². The Morgan fingerprint density at radius 2 is 1.60 bits per heavy atom. The molecule has 40 heavy (non-hydrogen) atoms. The molecule has 0 heterocycles. The van der Waals surface area contributed by atoms with Crippen LogP contribution in [0.5, 0.6) is 17.2 Å². The fourth-order valence-corrected chi connectivity index (χ4v) is 4.62. The third kappa shape index (κ3) is 8.43. The smallest absolute Gasteiger partial charge is 0.329 e. The Bertz CT molecular complexity index is 1400. The molecule has 0 aromatic heterocycles. The van der Waals surface area contributed by atoms with Gasteiger partial charge in [0.1, 0.15) is 5.75 Å². The van der Waals surface area contributed by atoms with E-state index in [0.29, 0.717) is 38.7 Å². The van der Waals surface area contributed by atoms with Gasteiger partial charge in [0, 0.05) is 11.4 Å². The summed E-state index contributed by atoms with van der Waals surface area (Å²) >= 11 is 2.07. The van der Waals surface area contributed by atoms with Crippen molar-refractivity contribution in [2.75, 3.05) is 31.0 Å². The number of rotatable bonds is 10. The summed E-state index contributed by atoms with van der Waals surface area (Å²) in [7, 11) is 1.53. The maximum absolute atomic E-state index is 12.6. The van der Waals surface area contributed by atoms with Crippen molar-refractivity contribution < 1.29 is 28.6 Å². The zero-order valence-electron chi connectivity index (χ0n) is 22.9. The molecule has 3 amide bonds. The number of amides is 3. The van der Waals surface area contributed by atoms with Gasteiger partial charge in [-0.1, -0.05) is 17.7 Å². The minimum Gasteiger partial charge on any atom is -0.497 e. The summed E-state index contributed by atoms with van der Waals surface area (Å²) in [6.45, 7) is 7.88. The van der Waals surface area contributed by atoms with Crippen LogP contribution in [0, 0.1) is 24.3 Å². The van der Waals surface area contributed by atoms with Gasteiger partial charge in [0.2, 0.25) is 0 Å². The quantitative estimate of drug-likeness (QED) is 0.125. The van der Waals surface area contributed by atoms with Crippen LogP contribution in [0.3, 0.4) is 0 Å². The number of carbonyl (C=O) groups is 3. The molecule has 0 spiro atoms. The van der Waals surface area contributed by atoms with Crippen LogP contribution < -0.4 is 30.3 Å². The zero-order chi connectivity index (χ0) is 29.2. The summed E-state index contributed by atoms with van der Waals surface area (Å²) in [5, 5.41) is 9.28. The number of halogens is 1. The molecule has 3 aromatic carbocycles. The lowest BCUT2D eigenvalue weighted by Crippen LogP contribution is -2.32. The monoisotopic (exact) mass is 658 g/mol. The van der Waals surface area contributed by atoms with Crippen LogP contribution in [-0.2, 0) is 14.4 Å². The molecule has 0 radical (unpaired) electrons. The van der Waals surface area contributed by atoms with E-state index in [0.717, 1.165) is 22.4 Å². The summed E-state index contributed by atoms with van der Waals surface area (Å²) < 4.78 is 17.3. The SMILES string of the molecule is CCOc1cc(/C=N\NC(=O)C(=O)Nc2ccc(OC)cc2)cc(I)c1OCC(=O)Nc1c(C)cc(C)cc1C. The van der Waals surface area contributed by atoms with Crippen LogP contribution in [0.2, 0.25) is 0 Å². The highest BCUT2D eigenvalue weighted by Gasteiger charge is 2.16. The fourth-order valence-electron chi connectivity index (χ4n) is 3.83. The van der Waals surface area contributed by atoms with Crippen LogP contribution in [-0.4, -0.2) is 44.3 Å². The van der Waals surface area contributed by atoms with Gasteiger partial charge in [-0.05, 0) is 103 Å². The number of hydrogen-bond donors (Lipinski definition) is 3. The Balaban J connectivity index is 1.62. The maximum Gasteiger partial charge on any atom is 0.329 e. The molecule has 3 aromatic rings. The summed E-state index contributed by atoms with van der Waals surface area (Å²) in [6, 6.07) is 14.0. The first-order valence-corrected chi connectivity index (χ1v) is 13.4. The van der Waals surface area contributed by atoms with Gasteiger partial charge in [0.05, 0.1) is 23.5 Å². The van der Waals surface area contributed by atoms with Crippen molar-refractivity contribution in [2.45, 2.75) is 27.7 Å². The highest BCUT2D eigenvalue weighted by molar-refractivity contribution is 14.1. The average Bonchev–Trinajstić information content (AvgIpc) is 2.90. The average molecular weight is 658 g/mol. The van der Waals surface area contributed by atoms with Gasteiger partial charge >= 0.3 is 11.8 Å². The van der Waals surface area contributed by atoms with Crippen LogP contribution in [0.1, 0.15) is 29.2 Å². The number of ether oxygens (including phenoxy) is 3. The van der Waals surface area contributed by atoms with Crippen molar-refractivity contribution in [3.63, 3.8) is 0 Å². The van der Waals surface area contributed by atoms with Crippen molar-refractivity contribution in [3.8, 4) is 17.2 Å². The molecule has 3 rings (SSSR count). The summed E-state index contributed by atoms with van der Waals surface area (Å²) in [5.41, 5.74) is 7.08. The molecule has 0 saturated heterocycles. The van der Waals surface area contributed by atoms with E-state index in [1.807, 2.05) is 39.8 Å². The van der Waals surface area contributed by atoms with Gasteiger partial charge in [-0.25, -0.2) is 5.43 Å². The van der Waals surface area contributed by atoms with E-state index in [1.165, 1.54) is 13.3 Å². The first-order valence-electron chi connectivity index (χ1n) is 12.4. The minimum absolute atomic E-state index is 0.213. The molecule has 10 nitrogen and oxygen atoms in total. The van der Waals surface area contributed by atoms with Crippen molar-refractivity contribution in [2.24, 2.45) is 5.10 Å². The van der Waals surface area contributed by atoms with Crippen LogP contribution in [0.4, 0.5) is 11.4 Å². The number of carbonyl (C=O) groups excluding carboxylic acids is 3. The molecular weight excluding hydrogens is 627 g/mol. The summed E-state index contributed by atoms with van der Waals surface area (Å²) in [5.74, 6) is -0.651. The summed E-state index contributed by atoms with van der Waals surface area (Å²) in [4.78, 5) is 36.9. The number of benzene rings is 3. The predicted octanol–water partition coefficient (Wildman–Crippen LogP) is 4.73. The number of hydrazone groups is 1. The zero-order valence-corrected chi connectivity index (χ0v) is 25.0. The minimum atomic E-state index is -0.934. The molecule has 0 bridgehead atoms. The Labute approximate surface area is 246 Å². The number of hydrogen-bond acceptors (Lipinski definition) is 7. The molecule has 0 unspecified atom stereocenters. The largest absolute Gasteiger partial charge is 0.497 e. The Morgan fingerprint density at radius 3 is 2.23 bits per heavy atom. The van der Waals surface area contributed by atoms with E-state index in [1.54, 1.807) is 36.4 Å². The highest BCUT2D eigenvalue weighted by atomic mass is 127.